The lowest BCUT2D eigenvalue weighted by Crippen LogP contribution is -2.15. The van der Waals surface area contributed by atoms with Gasteiger partial charge in [-0.1, -0.05) is 34.1 Å². The van der Waals surface area contributed by atoms with Gasteiger partial charge in [-0.15, -0.1) is 0 Å². The van der Waals surface area contributed by atoms with Gasteiger partial charge in [0, 0.05) is 16.1 Å². The van der Waals surface area contributed by atoms with Crippen LogP contribution >= 0.6 is 15.9 Å². The summed E-state index contributed by atoms with van der Waals surface area (Å²) in [6.45, 7) is 2.60. The maximum absolute atomic E-state index is 6.38. The largest absolute Gasteiger partial charge is 0.497 e. The molecule has 0 aliphatic rings. The highest BCUT2D eigenvalue weighted by atomic mass is 79.9. The van der Waals surface area contributed by atoms with Crippen molar-refractivity contribution >= 4 is 15.9 Å². The standard InChI is InChI=1S/C17H20BrNO2/c1-3-21-17-7-5-4-6-14(17)16(19)11-12-10-13(20-2)8-9-15(12)18/h4-10,16H,3,11,19H2,1-2H3. The number of methoxy groups -OCH3 is 1. The summed E-state index contributed by atoms with van der Waals surface area (Å²) in [5.41, 5.74) is 8.52. The third kappa shape index (κ3) is 3.99. The van der Waals surface area contributed by atoms with Crippen molar-refractivity contribution in [1.82, 2.24) is 0 Å². The van der Waals surface area contributed by atoms with Crippen molar-refractivity contribution < 1.29 is 9.47 Å². The van der Waals surface area contributed by atoms with E-state index in [2.05, 4.69) is 15.9 Å². The Bertz CT molecular complexity index is 601. The lowest BCUT2D eigenvalue weighted by molar-refractivity contribution is 0.334. The zero-order chi connectivity index (χ0) is 15.2. The maximum atomic E-state index is 6.38. The monoisotopic (exact) mass is 349 g/mol. The Balaban J connectivity index is 2.23. The molecule has 3 nitrogen and oxygen atoms in total. The fraction of sp³-hybridized carbons (Fsp3) is 0.294. The summed E-state index contributed by atoms with van der Waals surface area (Å²) in [5.74, 6) is 1.69. The summed E-state index contributed by atoms with van der Waals surface area (Å²) in [6.07, 6.45) is 0.710. The van der Waals surface area contributed by atoms with E-state index >= 15 is 0 Å². The summed E-state index contributed by atoms with van der Waals surface area (Å²) >= 11 is 3.57. The first-order chi connectivity index (χ1) is 10.2. The van der Waals surface area contributed by atoms with Crippen LogP contribution in [-0.2, 0) is 6.42 Å². The molecule has 0 spiro atoms. The Labute approximate surface area is 134 Å². The Hall–Kier alpha value is -1.52. The van der Waals surface area contributed by atoms with Crippen molar-refractivity contribution in [1.29, 1.82) is 0 Å². The summed E-state index contributed by atoms with van der Waals surface area (Å²) in [5, 5.41) is 0. The molecule has 2 aromatic carbocycles. The number of nitrogens with two attached hydrogens (primary N) is 1. The number of ether oxygens (including phenoxy) is 2. The lowest BCUT2D eigenvalue weighted by atomic mass is 9.99. The summed E-state index contributed by atoms with van der Waals surface area (Å²) in [4.78, 5) is 0. The van der Waals surface area contributed by atoms with Gasteiger partial charge >= 0.3 is 0 Å². The lowest BCUT2D eigenvalue weighted by Gasteiger charge is -2.17. The summed E-state index contributed by atoms with van der Waals surface area (Å²) in [7, 11) is 1.66. The van der Waals surface area contributed by atoms with Gasteiger partial charge in [-0.05, 0) is 43.2 Å². The molecule has 0 fully saturated rings. The quantitative estimate of drug-likeness (QED) is 0.853. The van der Waals surface area contributed by atoms with E-state index < -0.39 is 0 Å². The van der Waals surface area contributed by atoms with E-state index in [0.717, 1.165) is 27.1 Å². The minimum atomic E-state index is -0.129. The molecule has 2 N–H and O–H groups in total. The Kier molecular flexibility index (Phi) is 5.65. The second-order valence-electron chi connectivity index (χ2n) is 4.74. The average molecular weight is 350 g/mol. The second-order valence-corrected chi connectivity index (χ2v) is 5.59. The van der Waals surface area contributed by atoms with Gasteiger partial charge in [-0.3, -0.25) is 0 Å². The average Bonchev–Trinajstić information content (AvgIpc) is 2.50. The van der Waals surface area contributed by atoms with Gasteiger partial charge in [0.1, 0.15) is 11.5 Å². The van der Waals surface area contributed by atoms with E-state index in [-0.39, 0.29) is 6.04 Å². The van der Waals surface area contributed by atoms with Gasteiger partial charge < -0.3 is 15.2 Å². The molecule has 0 saturated heterocycles. The van der Waals surface area contributed by atoms with Crippen LogP contribution in [0.5, 0.6) is 11.5 Å². The van der Waals surface area contributed by atoms with Gasteiger partial charge in [0.15, 0.2) is 0 Å². The Morgan fingerprint density at radius 2 is 1.95 bits per heavy atom. The topological polar surface area (TPSA) is 44.5 Å². The van der Waals surface area contributed by atoms with Crippen molar-refractivity contribution in [3.05, 3.63) is 58.1 Å². The predicted molar refractivity (Wildman–Crippen MR) is 88.9 cm³/mol. The van der Waals surface area contributed by atoms with Crippen LogP contribution in [0.15, 0.2) is 46.9 Å². The molecule has 0 amide bonds. The number of rotatable bonds is 6. The van der Waals surface area contributed by atoms with Crippen LogP contribution in [0.3, 0.4) is 0 Å². The van der Waals surface area contributed by atoms with Crippen molar-refractivity contribution in [2.75, 3.05) is 13.7 Å². The molecule has 0 bridgehead atoms. The first kappa shape index (κ1) is 15.9. The molecule has 0 radical (unpaired) electrons. The summed E-state index contributed by atoms with van der Waals surface area (Å²) in [6, 6.07) is 13.7. The van der Waals surface area contributed by atoms with Gasteiger partial charge in [0.25, 0.3) is 0 Å². The van der Waals surface area contributed by atoms with Gasteiger partial charge in [0.05, 0.1) is 13.7 Å². The fourth-order valence-electron chi connectivity index (χ4n) is 2.26. The van der Waals surface area contributed by atoms with Gasteiger partial charge in [0.2, 0.25) is 0 Å². The van der Waals surface area contributed by atoms with Crippen molar-refractivity contribution in [2.45, 2.75) is 19.4 Å². The van der Waals surface area contributed by atoms with Crippen molar-refractivity contribution in [2.24, 2.45) is 5.73 Å². The molecule has 21 heavy (non-hydrogen) atoms. The minimum Gasteiger partial charge on any atom is -0.497 e. The van der Waals surface area contributed by atoms with Crippen molar-refractivity contribution in [3.63, 3.8) is 0 Å². The highest BCUT2D eigenvalue weighted by molar-refractivity contribution is 9.10. The normalized spacial score (nSPS) is 12.0. The van der Waals surface area contributed by atoms with Gasteiger partial charge in [-0.25, -0.2) is 0 Å². The zero-order valence-electron chi connectivity index (χ0n) is 12.3. The van der Waals surface area contributed by atoms with E-state index in [1.165, 1.54) is 0 Å². The molecule has 112 valence electrons. The Morgan fingerprint density at radius 3 is 2.67 bits per heavy atom. The van der Waals surface area contributed by atoms with Crippen LogP contribution in [0.25, 0.3) is 0 Å². The van der Waals surface area contributed by atoms with Gasteiger partial charge in [-0.2, -0.15) is 0 Å². The zero-order valence-corrected chi connectivity index (χ0v) is 13.9. The minimum absolute atomic E-state index is 0.129. The highest BCUT2D eigenvalue weighted by Crippen LogP contribution is 2.30. The van der Waals surface area contributed by atoms with E-state index in [1.54, 1.807) is 7.11 Å². The third-order valence-corrected chi connectivity index (χ3v) is 4.08. The molecule has 1 unspecified atom stereocenters. The first-order valence-electron chi connectivity index (χ1n) is 6.95. The van der Waals surface area contributed by atoms with E-state index in [9.17, 15) is 0 Å². The highest BCUT2D eigenvalue weighted by Gasteiger charge is 2.14. The van der Waals surface area contributed by atoms with Crippen LogP contribution < -0.4 is 15.2 Å². The van der Waals surface area contributed by atoms with E-state index in [4.69, 9.17) is 15.2 Å². The molecule has 0 heterocycles. The molecule has 0 aliphatic carbocycles. The van der Waals surface area contributed by atoms with Crippen LogP contribution in [-0.4, -0.2) is 13.7 Å². The number of benzene rings is 2. The molecule has 0 saturated carbocycles. The molecule has 0 aliphatic heterocycles. The smallest absolute Gasteiger partial charge is 0.124 e. The second kappa shape index (κ2) is 7.48. The predicted octanol–water partition coefficient (Wildman–Crippen LogP) is 4.10. The number of hydrogen-bond acceptors (Lipinski definition) is 3. The molecular weight excluding hydrogens is 330 g/mol. The van der Waals surface area contributed by atoms with Crippen LogP contribution in [0.4, 0.5) is 0 Å². The number of hydrogen-bond donors (Lipinski definition) is 1. The van der Waals surface area contributed by atoms with Crippen LogP contribution in [0.2, 0.25) is 0 Å². The van der Waals surface area contributed by atoms with Crippen molar-refractivity contribution in [3.8, 4) is 11.5 Å². The molecule has 2 rings (SSSR count). The van der Waals surface area contributed by atoms with Crippen LogP contribution in [0.1, 0.15) is 24.1 Å². The van der Waals surface area contributed by atoms with Crippen LogP contribution in [0, 0.1) is 0 Å². The summed E-state index contributed by atoms with van der Waals surface area (Å²) < 4.78 is 12.0. The molecule has 4 heteroatoms. The molecule has 1 atom stereocenters. The number of para-hydroxylation sites is 1. The third-order valence-electron chi connectivity index (χ3n) is 3.31. The Morgan fingerprint density at radius 1 is 1.19 bits per heavy atom. The number of halogens is 1. The van der Waals surface area contributed by atoms with E-state index in [1.807, 2.05) is 49.4 Å². The first-order valence-corrected chi connectivity index (χ1v) is 7.74. The SMILES string of the molecule is CCOc1ccccc1C(N)Cc1cc(OC)ccc1Br. The molecule has 2 aromatic rings. The van der Waals surface area contributed by atoms with E-state index in [0.29, 0.717) is 13.0 Å². The molecule has 0 aromatic heterocycles. The maximum Gasteiger partial charge on any atom is 0.124 e. The fourth-order valence-corrected chi connectivity index (χ4v) is 2.66. The molecular formula is C17H20BrNO2.